The number of fused-ring (bicyclic) bond motifs is 1. The van der Waals surface area contributed by atoms with Gasteiger partial charge in [-0.2, -0.15) is 0 Å². The summed E-state index contributed by atoms with van der Waals surface area (Å²) in [5.74, 6) is -0.601. The minimum atomic E-state index is -0.702. The van der Waals surface area contributed by atoms with Crippen LogP contribution in [0.25, 0.3) is 0 Å². The van der Waals surface area contributed by atoms with E-state index >= 15 is 0 Å². The zero-order chi connectivity index (χ0) is 15.0. The Morgan fingerprint density at radius 2 is 1.95 bits per heavy atom. The molecule has 3 rings (SSSR count). The Hall–Kier alpha value is -1.53. The van der Waals surface area contributed by atoms with Gasteiger partial charge in [0.15, 0.2) is 0 Å². The number of hydrogen-bond acceptors (Lipinski definition) is 3. The maximum atomic E-state index is 13.1. The number of benzene rings is 1. The van der Waals surface area contributed by atoms with Crippen LogP contribution in [0, 0.1) is 23.5 Å². The number of halogens is 2. The van der Waals surface area contributed by atoms with Crippen molar-refractivity contribution in [3.63, 3.8) is 0 Å². The number of nitrogens with one attached hydrogen (secondary N) is 1. The molecular formula is C15H19F2N3O. The Bertz CT molecular complexity index is 531. The molecule has 1 saturated carbocycles. The van der Waals surface area contributed by atoms with Crippen molar-refractivity contribution in [1.29, 1.82) is 0 Å². The average molecular weight is 295 g/mol. The lowest BCUT2D eigenvalue weighted by Gasteiger charge is -2.17. The molecule has 4 nitrogen and oxygen atoms in total. The van der Waals surface area contributed by atoms with E-state index in [0.29, 0.717) is 11.8 Å². The summed E-state index contributed by atoms with van der Waals surface area (Å²) in [7, 11) is 0. The molecule has 1 amide bonds. The highest BCUT2D eigenvalue weighted by Gasteiger charge is 2.41. The van der Waals surface area contributed by atoms with Crippen LogP contribution in [0.5, 0.6) is 0 Å². The molecule has 114 valence electrons. The molecular weight excluding hydrogens is 276 g/mol. The molecule has 1 heterocycles. The van der Waals surface area contributed by atoms with Crippen LogP contribution in [0.2, 0.25) is 0 Å². The van der Waals surface area contributed by atoms with Gasteiger partial charge in [-0.05, 0) is 36.8 Å². The zero-order valence-corrected chi connectivity index (χ0v) is 11.7. The fourth-order valence-electron chi connectivity index (χ4n) is 3.56. The number of hydrogen-bond donors (Lipinski definition) is 2. The lowest BCUT2D eigenvalue weighted by atomic mass is 9.98. The predicted molar refractivity (Wildman–Crippen MR) is 75.6 cm³/mol. The summed E-state index contributed by atoms with van der Waals surface area (Å²) in [5, 5.41) is 2.54. The molecule has 6 heteroatoms. The average Bonchev–Trinajstić information content (AvgIpc) is 2.90. The largest absolute Gasteiger partial charge is 0.327 e. The number of amides is 1. The monoisotopic (exact) mass is 295 g/mol. The van der Waals surface area contributed by atoms with Gasteiger partial charge in [-0.3, -0.25) is 9.69 Å². The number of anilines is 1. The van der Waals surface area contributed by atoms with E-state index < -0.39 is 11.6 Å². The van der Waals surface area contributed by atoms with Gasteiger partial charge in [0.05, 0.1) is 6.54 Å². The second-order valence-corrected chi connectivity index (χ2v) is 6.07. The summed E-state index contributed by atoms with van der Waals surface area (Å²) in [6.07, 6.45) is 2.19. The van der Waals surface area contributed by atoms with Crippen LogP contribution in [-0.2, 0) is 4.79 Å². The van der Waals surface area contributed by atoms with Gasteiger partial charge in [0.1, 0.15) is 11.6 Å². The van der Waals surface area contributed by atoms with E-state index in [2.05, 4.69) is 10.2 Å². The van der Waals surface area contributed by atoms with Gasteiger partial charge in [-0.25, -0.2) is 8.78 Å². The van der Waals surface area contributed by atoms with Crippen LogP contribution < -0.4 is 11.1 Å². The van der Waals surface area contributed by atoms with Gasteiger partial charge in [-0.1, -0.05) is 0 Å². The molecule has 0 spiro atoms. The highest BCUT2D eigenvalue weighted by Crippen LogP contribution is 2.36. The molecule has 3 atom stereocenters. The first-order valence-electron chi connectivity index (χ1n) is 7.25. The highest BCUT2D eigenvalue weighted by molar-refractivity contribution is 5.92. The van der Waals surface area contributed by atoms with Crippen LogP contribution >= 0.6 is 0 Å². The smallest absolute Gasteiger partial charge is 0.238 e. The lowest BCUT2D eigenvalue weighted by Crippen LogP contribution is -2.34. The summed E-state index contributed by atoms with van der Waals surface area (Å²) in [6.45, 7) is 1.94. The fraction of sp³-hybridized carbons (Fsp3) is 0.533. The molecule has 2 aliphatic rings. The van der Waals surface area contributed by atoms with Gasteiger partial charge in [0.25, 0.3) is 0 Å². The fourth-order valence-corrected chi connectivity index (χ4v) is 3.56. The standard InChI is InChI=1S/C15H19F2N3O/c16-10-3-11(17)5-12(4-10)19-15(21)8-20-6-9-1-2-14(18)13(9)7-20/h3-5,9,13-14H,1-2,6-8,18H2,(H,19,21). The Labute approximate surface area is 122 Å². The van der Waals surface area contributed by atoms with Crippen molar-refractivity contribution < 1.29 is 13.6 Å². The Balaban J connectivity index is 1.55. The molecule has 0 bridgehead atoms. The summed E-state index contributed by atoms with van der Waals surface area (Å²) in [6, 6.07) is 3.23. The van der Waals surface area contributed by atoms with Crippen LogP contribution in [-0.4, -0.2) is 36.5 Å². The van der Waals surface area contributed by atoms with E-state index in [-0.39, 0.29) is 24.2 Å². The first-order valence-corrected chi connectivity index (χ1v) is 7.25. The highest BCUT2D eigenvalue weighted by atomic mass is 19.1. The van der Waals surface area contributed by atoms with Crippen LogP contribution in [0.15, 0.2) is 18.2 Å². The molecule has 1 aromatic carbocycles. The number of nitrogens with zero attached hydrogens (tertiary/aromatic N) is 1. The van der Waals surface area contributed by atoms with Crippen molar-refractivity contribution in [3.8, 4) is 0 Å². The van der Waals surface area contributed by atoms with E-state index in [1.165, 1.54) is 0 Å². The van der Waals surface area contributed by atoms with E-state index in [1.807, 2.05) is 0 Å². The third-order valence-corrected chi connectivity index (χ3v) is 4.50. The zero-order valence-electron chi connectivity index (χ0n) is 11.7. The third kappa shape index (κ3) is 3.22. The lowest BCUT2D eigenvalue weighted by molar-refractivity contribution is -0.117. The molecule has 3 N–H and O–H groups in total. The summed E-state index contributed by atoms with van der Waals surface area (Å²) in [4.78, 5) is 14.0. The van der Waals surface area contributed by atoms with Crippen LogP contribution in [0.3, 0.4) is 0 Å². The number of rotatable bonds is 3. The topological polar surface area (TPSA) is 58.4 Å². The SMILES string of the molecule is NC1CCC2CN(CC(=O)Nc3cc(F)cc(F)c3)CC12. The number of carbonyl (C=O) groups is 1. The number of carbonyl (C=O) groups excluding carboxylic acids is 1. The summed E-state index contributed by atoms with van der Waals surface area (Å²) in [5.41, 5.74) is 6.21. The maximum Gasteiger partial charge on any atom is 0.238 e. The van der Waals surface area contributed by atoms with E-state index in [9.17, 15) is 13.6 Å². The van der Waals surface area contributed by atoms with E-state index in [1.54, 1.807) is 0 Å². The quantitative estimate of drug-likeness (QED) is 0.890. The second-order valence-electron chi connectivity index (χ2n) is 6.07. The number of likely N-dealkylation sites (tertiary alicyclic amines) is 1. The molecule has 1 aliphatic carbocycles. The van der Waals surface area contributed by atoms with Crippen molar-refractivity contribution in [2.75, 3.05) is 25.0 Å². The minimum absolute atomic E-state index is 0.147. The first kappa shape index (κ1) is 14.4. The number of nitrogens with two attached hydrogens (primary N) is 1. The van der Waals surface area contributed by atoms with Crippen molar-refractivity contribution in [2.24, 2.45) is 17.6 Å². The molecule has 0 aromatic heterocycles. The van der Waals surface area contributed by atoms with Crippen molar-refractivity contribution in [2.45, 2.75) is 18.9 Å². The second kappa shape index (κ2) is 5.69. The van der Waals surface area contributed by atoms with Crippen molar-refractivity contribution in [1.82, 2.24) is 4.90 Å². The predicted octanol–water partition coefficient (Wildman–Crippen LogP) is 1.57. The third-order valence-electron chi connectivity index (χ3n) is 4.50. The molecule has 3 unspecified atom stereocenters. The summed E-state index contributed by atoms with van der Waals surface area (Å²) < 4.78 is 26.1. The van der Waals surface area contributed by atoms with E-state index in [4.69, 9.17) is 5.73 Å². The normalized spacial score (nSPS) is 28.6. The molecule has 21 heavy (non-hydrogen) atoms. The minimum Gasteiger partial charge on any atom is -0.327 e. The van der Waals surface area contributed by atoms with Gasteiger partial charge in [-0.15, -0.1) is 0 Å². The van der Waals surface area contributed by atoms with Crippen molar-refractivity contribution >= 4 is 11.6 Å². The Kier molecular flexibility index (Phi) is 3.91. The summed E-state index contributed by atoms with van der Waals surface area (Å²) >= 11 is 0. The van der Waals surface area contributed by atoms with Gasteiger partial charge in [0.2, 0.25) is 5.91 Å². The van der Waals surface area contributed by atoms with Gasteiger partial charge in [0, 0.05) is 30.9 Å². The van der Waals surface area contributed by atoms with E-state index in [0.717, 1.165) is 44.1 Å². The van der Waals surface area contributed by atoms with Crippen LogP contribution in [0.4, 0.5) is 14.5 Å². The Morgan fingerprint density at radius 3 is 2.62 bits per heavy atom. The van der Waals surface area contributed by atoms with Gasteiger partial charge >= 0.3 is 0 Å². The van der Waals surface area contributed by atoms with Crippen molar-refractivity contribution in [3.05, 3.63) is 29.8 Å². The van der Waals surface area contributed by atoms with Crippen LogP contribution in [0.1, 0.15) is 12.8 Å². The molecule has 1 aromatic rings. The molecule has 1 saturated heterocycles. The van der Waals surface area contributed by atoms with Gasteiger partial charge < -0.3 is 11.1 Å². The maximum absolute atomic E-state index is 13.1. The first-order chi connectivity index (χ1) is 10.0. The molecule has 1 aliphatic heterocycles. The Morgan fingerprint density at radius 1 is 1.24 bits per heavy atom. The molecule has 2 fully saturated rings. The molecule has 0 radical (unpaired) electrons.